The topological polar surface area (TPSA) is 29.5 Å². The van der Waals surface area contributed by atoms with E-state index in [9.17, 15) is 4.79 Å². The second kappa shape index (κ2) is 3.89. The molecule has 2 fully saturated rings. The Labute approximate surface area is 85.4 Å². The van der Waals surface area contributed by atoms with Gasteiger partial charge >= 0.3 is 5.97 Å². The summed E-state index contributed by atoms with van der Waals surface area (Å²) in [7, 11) is 2.17. The number of ether oxygens (including phenoxy) is 1. The van der Waals surface area contributed by atoms with Crippen molar-refractivity contribution >= 4 is 5.97 Å². The highest BCUT2D eigenvalue weighted by Crippen LogP contribution is 2.34. The molecule has 0 amide bonds. The molecule has 0 spiro atoms. The Morgan fingerprint density at radius 3 is 2.79 bits per heavy atom. The van der Waals surface area contributed by atoms with Crippen molar-refractivity contribution < 1.29 is 9.53 Å². The van der Waals surface area contributed by atoms with Crippen LogP contribution in [0, 0.1) is 0 Å². The van der Waals surface area contributed by atoms with Crippen LogP contribution in [0.4, 0.5) is 0 Å². The van der Waals surface area contributed by atoms with E-state index in [2.05, 4.69) is 11.9 Å². The molecule has 2 saturated heterocycles. The third-order valence-corrected chi connectivity index (χ3v) is 3.67. The van der Waals surface area contributed by atoms with Crippen molar-refractivity contribution in [1.29, 1.82) is 0 Å². The summed E-state index contributed by atoms with van der Waals surface area (Å²) in [6.45, 7) is 1.51. The molecular weight excluding hydrogens is 178 g/mol. The molecule has 3 heteroatoms. The summed E-state index contributed by atoms with van der Waals surface area (Å²) in [4.78, 5) is 13.4. The molecule has 2 bridgehead atoms. The van der Waals surface area contributed by atoms with Crippen LogP contribution in [-0.2, 0) is 9.53 Å². The van der Waals surface area contributed by atoms with Gasteiger partial charge in [-0.1, -0.05) is 6.42 Å². The highest BCUT2D eigenvalue weighted by Gasteiger charge is 2.38. The van der Waals surface area contributed by atoms with Gasteiger partial charge in [0, 0.05) is 19.0 Å². The Bertz CT molecular complexity index is 229. The predicted octanol–water partition coefficient (Wildman–Crippen LogP) is 1.56. The van der Waals surface area contributed by atoms with Gasteiger partial charge < -0.3 is 4.74 Å². The summed E-state index contributed by atoms with van der Waals surface area (Å²) in [5, 5.41) is 0. The standard InChI is InChI=1S/C11H19NO2/c1-8(13)14-11-7-6-9-4-3-5-10(11)12(9)2/h9-11H,3-7H2,1-2H3/t9-,10+,11+/m0/s1. The molecule has 2 rings (SSSR count). The van der Waals surface area contributed by atoms with Gasteiger partial charge in [-0.15, -0.1) is 0 Å². The number of esters is 1. The number of hydrogen-bond donors (Lipinski definition) is 0. The van der Waals surface area contributed by atoms with Gasteiger partial charge in [0.15, 0.2) is 0 Å². The zero-order valence-corrected chi connectivity index (χ0v) is 9.03. The second-order valence-corrected chi connectivity index (χ2v) is 4.54. The minimum Gasteiger partial charge on any atom is -0.461 e. The van der Waals surface area contributed by atoms with E-state index in [0.717, 1.165) is 12.5 Å². The van der Waals surface area contributed by atoms with Crippen molar-refractivity contribution in [2.24, 2.45) is 0 Å². The van der Waals surface area contributed by atoms with Gasteiger partial charge in [-0.05, 0) is 32.7 Å². The first-order valence-electron chi connectivity index (χ1n) is 5.57. The third kappa shape index (κ3) is 1.78. The van der Waals surface area contributed by atoms with Crippen molar-refractivity contribution in [2.75, 3.05) is 7.05 Å². The van der Waals surface area contributed by atoms with Crippen LogP contribution in [0.25, 0.3) is 0 Å². The number of fused-ring (bicyclic) bond motifs is 2. The fourth-order valence-electron chi connectivity index (χ4n) is 2.94. The minimum absolute atomic E-state index is 0.132. The monoisotopic (exact) mass is 197 g/mol. The number of hydrogen-bond acceptors (Lipinski definition) is 3. The maximum Gasteiger partial charge on any atom is 0.302 e. The second-order valence-electron chi connectivity index (χ2n) is 4.54. The van der Waals surface area contributed by atoms with Gasteiger partial charge in [-0.3, -0.25) is 9.69 Å². The van der Waals surface area contributed by atoms with Crippen molar-refractivity contribution in [2.45, 2.75) is 57.2 Å². The average Bonchev–Trinajstić information content (AvgIpc) is 2.09. The number of piperidine rings is 2. The lowest BCUT2D eigenvalue weighted by atomic mass is 9.83. The Kier molecular flexibility index (Phi) is 2.77. The number of likely N-dealkylation sites (N-methyl/N-ethyl adjacent to an activating group) is 1. The van der Waals surface area contributed by atoms with Crippen LogP contribution in [0.3, 0.4) is 0 Å². The zero-order valence-electron chi connectivity index (χ0n) is 9.03. The smallest absolute Gasteiger partial charge is 0.302 e. The van der Waals surface area contributed by atoms with Gasteiger partial charge in [0.1, 0.15) is 6.10 Å². The molecule has 2 heterocycles. The van der Waals surface area contributed by atoms with Gasteiger partial charge in [0.25, 0.3) is 0 Å². The Hall–Kier alpha value is -0.570. The van der Waals surface area contributed by atoms with Crippen molar-refractivity contribution in [3.05, 3.63) is 0 Å². The lowest BCUT2D eigenvalue weighted by Crippen LogP contribution is -2.54. The van der Waals surface area contributed by atoms with Crippen LogP contribution in [0.5, 0.6) is 0 Å². The summed E-state index contributed by atoms with van der Waals surface area (Å²) < 4.78 is 5.37. The summed E-state index contributed by atoms with van der Waals surface area (Å²) in [6.07, 6.45) is 6.18. The first-order chi connectivity index (χ1) is 6.68. The summed E-state index contributed by atoms with van der Waals surface area (Å²) in [5.41, 5.74) is 0. The average molecular weight is 197 g/mol. The number of nitrogens with zero attached hydrogens (tertiary/aromatic N) is 1. The number of rotatable bonds is 1. The highest BCUT2D eigenvalue weighted by molar-refractivity contribution is 5.66. The van der Waals surface area contributed by atoms with Gasteiger partial charge in [-0.2, -0.15) is 0 Å². The molecule has 0 saturated carbocycles. The fraction of sp³-hybridized carbons (Fsp3) is 0.909. The first-order valence-corrected chi connectivity index (χ1v) is 5.57. The van der Waals surface area contributed by atoms with Crippen LogP contribution in [0.2, 0.25) is 0 Å². The molecule has 0 radical (unpaired) electrons. The van der Waals surface area contributed by atoms with Crippen molar-refractivity contribution in [3.8, 4) is 0 Å². The highest BCUT2D eigenvalue weighted by atomic mass is 16.5. The third-order valence-electron chi connectivity index (χ3n) is 3.67. The van der Waals surface area contributed by atoms with Crippen molar-refractivity contribution in [1.82, 2.24) is 4.90 Å². The van der Waals surface area contributed by atoms with E-state index in [0.29, 0.717) is 6.04 Å². The van der Waals surface area contributed by atoms with E-state index in [1.54, 1.807) is 0 Å². The van der Waals surface area contributed by atoms with Crippen LogP contribution < -0.4 is 0 Å². The summed E-state index contributed by atoms with van der Waals surface area (Å²) in [5.74, 6) is -0.132. The van der Waals surface area contributed by atoms with Gasteiger partial charge in [-0.25, -0.2) is 0 Å². The van der Waals surface area contributed by atoms with E-state index in [-0.39, 0.29) is 12.1 Å². The predicted molar refractivity (Wildman–Crippen MR) is 54.0 cm³/mol. The minimum atomic E-state index is -0.132. The normalized spacial score (nSPS) is 38.0. The molecule has 0 aliphatic carbocycles. The Morgan fingerprint density at radius 2 is 2.07 bits per heavy atom. The van der Waals surface area contributed by atoms with Gasteiger partial charge in [0.05, 0.1) is 0 Å². The van der Waals surface area contributed by atoms with Crippen LogP contribution in [0.15, 0.2) is 0 Å². The molecule has 3 atom stereocenters. The zero-order chi connectivity index (χ0) is 10.1. The SMILES string of the molecule is CC(=O)O[C@@H]1CC[C@@H]2CCC[C@H]1N2C. The maximum atomic E-state index is 10.9. The molecule has 3 nitrogen and oxygen atoms in total. The first kappa shape index (κ1) is 9.97. The molecule has 80 valence electrons. The summed E-state index contributed by atoms with van der Waals surface area (Å²) >= 11 is 0. The van der Waals surface area contributed by atoms with Gasteiger partial charge in [0.2, 0.25) is 0 Å². The number of carbonyl (C=O) groups excluding carboxylic acids is 1. The van der Waals surface area contributed by atoms with Crippen LogP contribution in [0.1, 0.15) is 39.0 Å². The largest absolute Gasteiger partial charge is 0.461 e. The molecule has 14 heavy (non-hydrogen) atoms. The Morgan fingerprint density at radius 1 is 1.29 bits per heavy atom. The van der Waals surface area contributed by atoms with E-state index >= 15 is 0 Å². The maximum absolute atomic E-state index is 10.9. The fourth-order valence-corrected chi connectivity index (χ4v) is 2.94. The number of carbonyl (C=O) groups is 1. The van der Waals surface area contributed by atoms with Crippen molar-refractivity contribution in [3.63, 3.8) is 0 Å². The lowest BCUT2D eigenvalue weighted by molar-refractivity contribution is -0.155. The molecule has 0 N–H and O–H groups in total. The van der Waals surface area contributed by atoms with E-state index in [1.165, 1.54) is 32.6 Å². The molecule has 0 aromatic rings. The quantitative estimate of drug-likeness (QED) is 0.597. The molecule has 2 aliphatic heterocycles. The van der Waals surface area contributed by atoms with E-state index in [4.69, 9.17) is 4.74 Å². The molecule has 0 aromatic carbocycles. The molecule has 0 unspecified atom stereocenters. The van der Waals surface area contributed by atoms with E-state index < -0.39 is 0 Å². The lowest BCUT2D eigenvalue weighted by Gasteiger charge is -2.47. The molecule has 2 aliphatic rings. The Balaban J connectivity index is 2.02. The summed E-state index contributed by atoms with van der Waals surface area (Å²) in [6, 6.07) is 1.21. The van der Waals surface area contributed by atoms with E-state index in [1.807, 2.05) is 0 Å². The molecule has 0 aromatic heterocycles. The molecular formula is C11H19NO2. The van der Waals surface area contributed by atoms with Crippen LogP contribution in [-0.4, -0.2) is 36.1 Å². The van der Waals surface area contributed by atoms with Crippen LogP contribution >= 0.6 is 0 Å².